The number of carbonyl (C=O) groups is 2. The fourth-order valence-corrected chi connectivity index (χ4v) is 5.50. The van der Waals surface area contributed by atoms with Gasteiger partial charge in [0, 0.05) is 12.0 Å². The fraction of sp³-hybridized carbons (Fsp3) is 0.600. The van der Waals surface area contributed by atoms with Gasteiger partial charge < -0.3 is 19.7 Å². The minimum absolute atomic E-state index is 0.0111. The van der Waals surface area contributed by atoms with Gasteiger partial charge in [0.1, 0.15) is 11.4 Å². The van der Waals surface area contributed by atoms with Crippen molar-refractivity contribution in [3.05, 3.63) is 35.3 Å². The Kier molecular flexibility index (Phi) is 4.29. The summed E-state index contributed by atoms with van der Waals surface area (Å²) in [6.45, 7) is -0.258. The number of carboxylic acid groups (broad SMARTS) is 1. The van der Waals surface area contributed by atoms with Crippen molar-refractivity contribution in [2.75, 3.05) is 6.61 Å². The van der Waals surface area contributed by atoms with Gasteiger partial charge in [0.25, 0.3) is 0 Å². The number of hydrogen-bond acceptors (Lipinski definition) is 5. The van der Waals surface area contributed by atoms with E-state index >= 15 is 0 Å². The smallest absolute Gasteiger partial charge is 0.344 e. The van der Waals surface area contributed by atoms with Gasteiger partial charge in [0.2, 0.25) is 0 Å². The average molecular weight is 360 g/mol. The second-order valence-electron chi connectivity index (χ2n) is 8.24. The van der Waals surface area contributed by atoms with Crippen LogP contribution in [0, 0.1) is 17.8 Å². The van der Waals surface area contributed by atoms with E-state index in [0.29, 0.717) is 17.8 Å². The topological polar surface area (TPSA) is 93.1 Å². The maximum Gasteiger partial charge on any atom is 0.344 e. The van der Waals surface area contributed by atoms with Gasteiger partial charge in [0.05, 0.1) is 5.76 Å². The lowest BCUT2D eigenvalue weighted by Gasteiger charge is -2.55. The molecule has 4 fully saturated rings. The van der Waals surface area contributed by atoms with Crippen molar-refractivity contribution in [2.24, 2.45) is 17.8 Å². The number of ether oxygens (including phenoxy) is 2. The number of aliphatic hydroxyl groups excluding tert-OH is 1. The molecule has 0 heterocycles. The lowest BCUT2D eigenvalue weighted by molar-refractivity contribution is -0.189. The second-order valence-corrected chi connectivity index (χ2v) is 8.24. The van der Waals surface area contributed by atoms with E-state index in [1.54, 1.807) is 0 Å². The van der Waals surface area contributed by atoms with Crippen LogP contribution in [0.5, 0.6) is 0 Å². The zero-order valence-electron chi connectivity index (χ0n) is 14.6. The first-order chi connectivity index (χ1) is 12.4. The first-order valence-electron chi connectivity index (χ1n) is 9.29. The van der Waals surface area contributed by atoms with Crippen molar-refractivity contribution in [2.45, 2.75) is 50.5 Å². The maximum atomic E-state index is 12.4. The number of esters is 1. The van der Waals surface area contributed by atoms with Crippen molar-refractivity contribution in [3.63, 3.8) is 0 Å². The van der Waals surface area contributed by atoms with Gasteiger partial charge in [-0.2, -0.15) is 0 Å². The summed E-state index contributed by atoms with van der Waals surface area (Å²) in [6, 6.07) is 0. The molecular formula is C20H24O6. The zero-order valence-corrected chi connectivity index (χ0v) is 14.6. The summed E-state index contributed by atoms with van der Waals surface area (Å²) in [5, 5.41) is 18.7. The molecule has 4 saturated carbocycles. The van der Waals surface area contributed by atoms with Crippen LogP contribution in [0.1, 0.15) is 44.9 Å². The first kappa shape index (κ1) is 17.2. The minimum Gasteiger partial charge on any atom is -0.512 e. The lowest BCUT2D eigenvalue weighted by atomic mass is 9.54. The summed E-state index contributed by atoms with van der Waals surface area (Å²) in [4.78, 5) is 23.5. The first-order valence-corrected chi connectivity index (χ1v) is 9.29. The third-order valence-corrected chi connectivity index (χ3v) is 6.07. The molecule has 5 rings (SSSR count). The largest absolute Gasteiger partial charge is 0.512 e. The van der Waals surface area contributed by atoms with Crippen LogP contribution in [0.4, 0.5) is 0 Å². The summed E-state index contributed by atoms with van der Waals surface area (Å²) in [7, 11) is 0. The van der Waals surface area contributed by atoms with Crippen molar-refractivity contribution < 1.29 is 29.3 Å². The van der Waals surface area contributed by atoms with E-state index in [2.05, 4.69) is 0 Å². The van der Waals surface area contributed by atoms with E-state index < -0.39 is 11.9 Å². The minimum atomic E-state index is -1.13. The van der Waals surface area contributed by atoms with E-state index in [9.17, 15) is 14.7 Å². The predicted molar refractivity (Wildman–Crippen MR) is 92.1 cm³/mol. The molecule has 0 spiro atoms. The summed E-state index contributed by atoms with van der Waals surface area (Å²) < 4.78 is 11.3. The SMILES string of the molecule is O=C(COC1=CC=C(O)CC(C(=O)O)=C1)OC12CC3CC(CC(C3)C1)C2. The standard InChI is InChI=1S/C20H24O6/c21-16-1-2-17(7-15(6-16)19(23)24)25-11-18(22)26-20-8-12-3-13(9-20)5-14(4-12)10-20/h1-2,7,12-14,21H,3-6,8-11H2,(H,23,24). The molecule has 6 heteroatoms. The molecule has 0 unspecified atom stereocenters. The number of aliphatic hydroxyl groups is 1. The Labute approximate surface area is 152 Å². The Bertz CT molecular complexity index is 679. The molecule has 26 heavy (non-hydrogen) atoms. The average Bonchev–Trinajstić information content (AvgIpc) is 2.73. The number of rotatable bonds is 5. The molecule has 0 amide bonds. The summed E-state index contributed by atoms with van der Waals surface area (Å²) >= 11 is 0. The lowest BCUT2D eigenvalue weighted by Crippen LogP contribution is -2.53. The summed E-state index contributed by atoms with van der Waals surface area (Å²) in [6.07, 6.45) is 10.8. The highest BCUT2D eigenvalue weighted by Crippen LogP contribution is 2.57. The van der Waals surface area contributed by atoms with Gasteiger partial charge in [-0.1, -0.05) is 0 Å². The van der Waals surface area contributed by atoms with E-state index in [1.165, 1.54) is 37.5 Å². The van der Waals surface area contributed by atoms with Crippen molar-refractivity contribution in [3.8, 4) is 0 Å². The van der Waals surface area contributed by atoms with Gasteiger partial charge in [-0.3, -0.25) is 0 Å². The Balaban J connectivity index is 1.37. The Morgan fingerprint density at radius 3 is 2.27 bits per heavy atom. The molecule has 2 N–H and O–H groups in total. The normalized spacial score (nSPS) is 35.1. The number of aliphatic carboxylic acids is 1. The molecule has 140 valence electrons. The van der Waals surface area contributed by atoms with Crippen LogP contribution in [-0.4, -0.2) is 34.4 Å². The van der Waals surface area contributed by atoms with E-state index in [-0.39, 0.29) is 35.7 Å². The van der Waals surface area contributed by atoms with Gasteiger partial charge >= 0.3 is 11.9 Å². The molecule has 5 aliphatic rings. The number of allylic oxidation sites excluding steroid dienone is 4. The fourth-order valence-electron chi connectivity index (χ4n) is 5.50. The molecule has 0 aliphatic heterocycles. The highest BCUT2D eigenvalue weighted by atomic mass is 16.6. The van der Waals surface area contributed by atoms with Gasteiger partial charge in [0.15, 0.2) is 6.61 Å². The highest BCUT2D eigenvalue weighted by Gasteiger charge is 2.53. The molecule has 0 aromatic carbocycles. The van der Waals surface area contributed by atoms with Crippen molar-refractivity contribution >= 4 is 11.9 Å². The Hall–Kier alpha value is -2.24. The Morgan fingerprint density at radius 1 is 1.08 bits per heavy atom. The molecule has 5 aliphatic carbocycles. The van der Waals surface area contributed by atoms with E-state index in [1.807, 2.05) is 0 Å². The maximum absolute atomic E-state index is 12.4. The quantitative estimate of drug-likeness (QED) is 0.731. The van der Waals surface area contributed by atoms with E-state index in [0.717, 1.165) is 19.3 Å². The highest BCUT2D eigenvalue weighted by molar-refractivity contribution is 5.87. The van der Waals surface area contributed by atoms with Crippen molar-refractivity contribution in [1.82, 2.24) is 0 Å². The van der Waals surface area contributed by atoms with Crippen LogP contribution < -0.4 is 0 Å². The molecule has 0 saturated heterocycles. The van der Waals surface area contributed by atoms with Crippen LogP contribution in [0.2, 0.25) is 0 Å². The third kappa shape index (κ3) is 3.50. The zero-order chi connectivity index (χ0) is 18.3. The van der Waals surface area contributed by atoms with Gasteiger partial charge in [-0.25, -0.2) is 9.59 Å². The third-order valence-electron chi connectivity index (χ3n) is 6.07. The number of carboxylic acids is 1. The molecule has 0 aromatic rings. The molecule has 0 atom stereocenters. The predicted octanol–water partition coefficient (Wildman–Crippen LogP) is 3.26. The van der Waals surface area contributed by atoms with Crippen LogP contribution >= 0.6 is 0 Å². The molecule has 6 nitrogen and oxygen atoms in total. The number of carbonyl (C=O) groups excluding carboxylic acids is 1. The molecule has 4 bridgehead atoms. The van der Waals surface area contributed by atoms with Crippen LogP contribution in [0.15, 0.2) is 35.3 Å². The second kappa shape index (κ2) is 6.49. The molecular weight excluding hydrogens is 336 g/mol. The van der Waals surface area contributed by atoms with E-state index in [4.69, 9.17) is 14.6 Å². The van der Waals surface area contributed by atoms with Crippen LogP contribution in [0.25, 0.3) is 0 Å². The van der Waals surface area contributed by atoms with Crippen molar-refractivity contribution in [1.29, 1.82) is 0 Å². The Morgan fingerprint density at radius 2 is 1.69 bits per heavy atom. The monoisotopic (exact) mass is 360 g/mol. The number of hydrogen-bond donors (Lipinski definition) is 2. The summed E-state index contributed by atoms with van der Waals surface area (Å²) in [5.41, 5.74) is -0.301. The van der Waals surface area contributed by atoms with Gasteiger partial charge in [-0.05, 0) is 74.5 Å². The van der Waals surface area contributed by atoms with Crippen LogP contribution in [-0.2, 0) is 19.1 Å². The van der Waals surface area contributed by atoms with Gasteiger partial charge in [-0.15, -0.1) is 0 Å². The van der Waals surface area contributed by atoms with Crippen LogP contribution in [0.3, 0.4) is 0 Å². The molecule has 0 radical (unpaired) electrons. The molecule has 0 aromatic heterocycles. The summed E-state index contributed by atoms with van der Waals surface area (Å²) in [5.74, 6) is 0.700.